The molecule has 0 aromatic carbocycles. The van der Waals surface area contributed by atoms with E-state index in [1.807, 2.05) is 0 Å². The number of unbranched alkanes of at least 4 members (excludes halogenated alkanes) is 3. The van der Waals surface area contributed by atoms with E-state index in [2.05, 4.69) is 29.7 Å². The number of nitriles is 1. The molecule has 0 aromatic heterocycles. The fourth-order valence-electron chi connectivity index (χ4n) is 2.99. The van der Waals surface area contributed by atoms with Gasteiger partial charge >= 0.3 is 0 Å². The van der Waals surface area contributed by atoms with Gasteiger partial charge in [-0.05, 0) is 12.3 Å². The van der Waals surface area contributed by atoms with E-state index < -0.39 is 0 Å². The molecule has 1 aliphatic heterocycles. The maximum absolute atomic E-state index is 8.96. The smallest absolute Gasteiger partial charge is 0.0869 e. The first kappa shape index (κ1) is 16.4. The maximum atomic E-state index is 8.96. The van der Waals surface area contributed by atoms with E-state index in [1.165, 1.54) is 32.1 Å². The van der Waals surface area contributed by atoms with Crippen molar-refractivity contribution in [3.63, 3.8) is 0 Å². The first-order chi connectivity index (χ1) is 9.22. The van der Waals surface area contributed by atoms with Crippen LogP contribution in [0.2, 0.25) is 0 Å². The van der Waals surface area contributed by atoms with Gasteiger partial charge in [-0.15, -0.1) is 0 Å². The molecule has 1 fully saturated rings. The van der Waals surface area contributed by atoms with Crippen LogP contribution in [0.5, 0.6) is 0 Å². The number of rotatable bonds is 8. The van der Waals surface area contributed by atoms with Crippen LogP contribution in [0.1, 0.15) is 46.0 Å². The fourth-order valence-corrected chi connectivity index (χ4v) is 2.99. The van der Waals surface area contributed by atoms with E-state index in [0.29, 0.717) is 25.2 Å². The molecule has 4 nitrogen and oxygen atoms in total. The van der Waals surface area contributed by atoms with Crippen molar-refractivity contribution in [3.05, 3.63) is 0 Å². The number of nitrogens with two attached hydrogens (primary N) is 1. The summed E-state index contributed by atoms with van der Waals surface area (Å²) in [6, 6.07) is 2.81. The minimum atomic E-state index is 0.499. The maximum Gasteiger partial charge on any atom is 0.0869 e. The monoisotopic (exact) mass is 266 g/mol. The van der Waals surface area contributed by atoms with Gasteiger partial charge in [0.1, 0.15) is 0 Å². The standard InChI is InChI=1S/C15H30N4/c1-3-4-5-6-7-14(2)15-12-18(13-17)10-11-19(15)9-8-16/h14-15H,3-7,9-13,17H2,1-2H3/t14-,15?/m1/s1. The predicted molar refractivity (Wildman–Crippen MR) is 79.5 cm³/mol. The van der Waals surface area contributed by atoms with Crippen LogP contribution < -0.4 is 5.73 Å². The molecule has 1 saturated heterocycles. The first-order valence-corrected chi connectivity index (χ1v) is 7.76. The molecule has 1 unspecified atom stereocenters. The van der Waals surface area contributed by atoms with Crippen LogP contribution in [-0.4, -0.2) is 48.7 Å². The van der Waals surface area contributed by atoms with E-state index >= 15 is 0 Å². The summed E-state index contributed by atoms with van der Waals surface area (Å²) in [6.45, 7) is 8.78. The summed E-state index contributed by atoms with van der Waals surface area (Å²) in [5.74, 6) is 0.652. The molecule has 19 heavy (non-hydrogen) atoms. The molecule has 2 atom stereocenters. The summed E-state index contributed by atoms with van der Waals surface area (Å²) >= 11 is 0. The third-order valence-electron chi connectivity index (χ3n) is 4.32. The van der Waals surface area contributed by atoms with Crippen LogP contribution in [0, 0.1) is 17.2 Å². The Morgan fingerprint density at radius 1 is 1.32 bits per heavy atom. The Balaban J connectivity index is 2.45. The van der Waals surface area contributed by atoms with Gasteiger partial charge in [0, 0.05) is 32.3 Å². The van der Waals surface area contributed by atoms with Crippen LogP contribution >= 0.6 is 0 Å². The molecular formula is C15H30N4. The summed E-state index contributed by atoms with van der Waals surface area (Å²) in [6.07, 6.45) is 6.56. The number of nitrogens with zero attached hydrogens (tertiary/aromatic N) is 3. The topological polar surface area (TPSA) is 56.3 Å². The van der Waals surface area contributed by atoms with Gasteiger partial charge in [0.2, 0.25) is 0 Å². The van der Waals surface area contributed by atoms with Crippen molar-refractivity contribution in [1.82, 2.24) is 9.80 Å². The van der Waals surface area contributed by atoms with Crippen molar-refractivity contribution < 1.29 is 0 Å². The van der Waals surface area contributed by atoms with Crippen LogP contribution in [0.4, 0.5) is 0 Å². The number of hydrogen-bond donors (Lipinski definition) is 1. The van der Waals surface area contributed by atoms with Gasteiger partial charge < -0.3 is 5.73 Å². The summed E-state index contributed by atoms with van der Waals surface area (Å²) < 4.78 is 0. The summed E-state index contributed by atoms with van der Waals surface area (Å²) in [5.41, 5.74) is 5.77. The van der Waals surface area contributed by atoms with Crippen LogP contribution in [-0.2, 0) is 0 Å². The van der Waals surface area contributed by atoms with Crippen molar-refractivity contribution in [1.29, 1.82) is 5.26 Å². The van der Waals surface area contributed by atoms with E-state index in [4.69, 9.17) is 11.0 Å². The van der Waals surface area contributed by atoms with Gasteiger partial charge in [0.15, 0.2) is 0 Å². The van der Waals surface area contributed by atoms with E-state index in [1.54, 1.807) is 0 Å². The van der Waals surface area contributed by atoms with Gasteiger partial charge in [0.25, 0.3) is 0 Å². The molecule has 0 aromatic rings. The molecule has 0 amide bonds. The highest BCUT2D eigenvalue weighted by Crippen LogP contribution is 2.22. The normalized spacial score (nSPS) is 23.2. The van der Waals surface area contributed by atoms with E-state index in [9.17, 15) is 0 Å². The second-order valence-electron chi connectivity index (χ2n) is 5.78. The van der Waals surface area contributed by atoms with Crippen LogP contribution in [0.3, 0.4) is 0 Å². The lowest BCUT2D eigenvalue weighted by molar-refractivity contribution is 0.0539. The molecule has 0 aliphatic carbocycles. The Hall–Kier alpha value is -0.630. The molecular weight excluding hydrogens is 236 g/mol. The third kappa shape index (κ3) is 5.48. The second kappa shape index (κ2) is 9.30. The predicted octanol–water partition coefficient (Wildman–Crippen LogP) is 2.02. The number of hydrogen-bond acceptors (Lipinski definition) is 4. The van der Waals surface area contributed by atoms with Gasteiger partial charge in [0.05, 0.1) is 12.6 Å². The zero-order chi connectivity index (χ0) is 14.1. The summed E-state index contributed by atoms with van der Waals surface area (Å²) in [5, 5.41) is 8.96. The van der Waals surface area contributed by atoms with Gasteiger partial charge in [-0.2, -0.15) is 5.26 Å². The Bertz CT molecular complexity index is 274. The van der Waals surface area contributed by atoms with Crippen molar-refractivity contribution in [3.8, 4) is 6.07 Å². The molecule has 1 aliphatic rings. The summed E-state index contributed by atoms with van der Waals surface area (Å²) in [7, 11) is 0. The third-order valence-corrected chi connectivity index (χ3v) is 4.32. The molecule has 110 valence electrons. The summed E-state index contributed by atoms with van der Waals surface area (Å²) in [4.78, 5) is 4.65. The molecule has 1 heterocycles. The van der Waals surface area contributed by atoms with Crippen LogP contribution in [0.15, 0.2) is 0 Å². The van der Waals surface area contributed by atoms with Crippen molar-refractivity contribution in [2.75, 3.05) is 32.8 Å². The molecule has 0 radical (unpaired) electrons. The SMILES string of the molecule is CCCCCC[C@@H](C)C1CN(CN)CCN1CC#N. The van der Waals surface area contributed by atoms with Gasteiger partial charge in [-0.25, -0.2) is 0 Å². The van der Waals surface area contributed by atoms with E-state index in [-0.39, 0.29) is 0 Å². The second-order valence-corrected chi connectivity index (χ2v) is 5.78. The highest BCUT2D eigenvalue weighted by molar-refractivity contribution is 4.89. The Morgan fingerprint density at radius 3 is 2.74 bits per heavy atom. The Morgan fingerprint density at radius 2 is 2.11 bits per heavy atom. The molecule has 4 heteroatoms. The lowest BCUT2D eigenvalue weighted by Crippen LogP contribution is -2.56. The highest BCUT2D eigenvalue weighted by Gasteiger charge is 2.29. The minimum Gasteiger partial charge on any atom is -0.318 e. The zero-order valence-electron chi connectivity index (χ0n) is 12.6. The van der Waals surface area contributed by atoms with Crippen molar-refractivity contribution in [2.45, 2.75) is 52.0 Å². The average Bonchev–Trinajstić information content (AvgIpc) is 2.44. The van der Waals surface area contributed by atoms with Gasteiger partial charge in [-0.1, -0.05) is 39.5 Å². The molecule has 1 rings (SSSR count). The van der Waals surface area contributed by atoms with Crippen LogP contribution in [0.25, 0.3) is 0 Å². The lowest BCUT2D eigenvalue weighted by atomic mass is 9.92. The largest absolute Gasteiger partial charge is 0.318 e. The average molecular weight is 266 g/mol. The molecule has 0 saturated carbocycles. The molecule has 2 N–H and O–H groups in total. The zero-order valence-corrected chi connectivity index (χ0v) is 12.6. The Kier molecular flexibility index (Phi) is 8.04. The first-order valence-electron chi connectivity index (χ1n) is 7.76. The van der Waals surface area contributed by atoms with Crippen molar-refractivity contribution in [2.24, 2.45) is 11.7 Å². The van der Waals surface area contributed by atoms with Crippen molar-refractivity contribution >= 4 is 0 Å². The molecule has 0 spiro atoms. The number of piperazine rings is 1. The molecule has 0 bridgehead atoms. The van der Waals surface area contributed by atoms with E-state index in [0.717, 1.165) is 19.6 Å². The van der Waals surface area contributed by atoms with Gasteiger partial charge in [-0.3, -0.25) is 9.80 Å². The Labute approximate surface area is 118 Å². The lowest BCUT2D eigenvalue weighted by Gasteiger charge is -2.42. The minimum absolute atomic E-state index is 0.499. The fraction of sp³-hybridized carbons (Fsp3) is 0.933. The quantitative estimate of drug-likeness (QED) is 0.539. The highest BCUT2D eigenvalue weighted by atomic mass is 15.3.